The topological polar surface area (TPSA) is 32.3 Å². The third-order valence-electron chi connectivity index (χ3n) is 5.25. The predicted molar refractivity (Wildman–Crippen MR) is 111 cm³/mol. The van der Waals surface area contributed by atoms with E-state index >= 15 is 0 Å². The monoisotopic (exact) mass is 376 g/mol. The van der Waals surface area contributed by atoms with E-state index < -0.39 is 0 Å². The third-order valence-corrected chi connectivity index (χ3v) is 5.25. The molecule has 1 atom stereocenters. The Bertz CT molecular complexity index is 942. The van der Waals surface area contributed by atoms with Crippen LogP contribution in [0.2, 0.25) is 0 Å². The molecule has 1 saturated heterocycles. The first-order chi connectivity index (χ1) is 13.6. The van der Waals surface area contributed by atoms with Crippen LogP contribution in [0.25, 0.3) is 11.1 Å². The number of rotatable bonds is 5. The molecule has 28 heavy (non-hydrogen) atoms. The van der Waals surface area contributed by atoms with Crippen molar-refractivity contribution in [3.63, 3.8) is 0 Å². The average molecular weight is 376 g/mol. The van der Waals surface area contributed by atoms with Crippen molar-refractivity contribution in [2.45, 2.75) is 25.4 Å². The van der Waals surface area contributed by atoms with Crippen molar-refractivity contribution in [1.82, 2.24) is 14.9 Å². The van der Waals surface area contributed by atoms with Crippen molar-refractivity contribution in [1.29, 1.82) is 0 Å². The molecule has 4 rings (SSSR count). The van der Waals surface area contributed by atoms with Crippen LogP contribution in [0, 0.1) is 5.82 Å². The Balaban J connectivity index is 1.74. The summed E-state index contributed by atoms with van der Waals surface area (Å²) in [6.07, 6.45) is 4.01. The van der Waals surface area contributed by atoms with Crippen molar-refractivity contribution < 1.29 is 4.39 Å². The lowest BCUT2D eigenvalue weighted by Gasteiger charge is -2.26. The third kappa shape index (κ3) is 3.90. The number of aromatic nitrogens is 2. The molecule has 2 aromatic carbocycles. The van der Waals surface area contributed by atoms with Crippen LogP contribution < -0.4 is 4.90 Å². The van der Waals surface area contributed by atoms with E-state index in [1.54, 1.807) is 12.1 Å². The number of benzene rings is 2. The minimum Gasteiger partial charge on any atom is -0.347 e. The molecule has 1 aromatic heterocycles. The van der Waals surface area contributed by atoms with Crippen LogP contribution in [-0.2, 0) is 6.54 Å². The van der Waals surface area contributed by atoms with Gasteiger partial charge in [-0.3, -0.25) is 4.90 Å². The van der Waals surface area contributed by atoms with Gasteiger partial charge >= 0.3 is 0 Å². The molecule has 0 bridgehead atoms. The van der Waals surface area contributed by atoms with Gasteiger partial charge in [0.25, 0.3) is 0 Å². The number of hydrogen-bond donors (Lipinski definition) is 0. The summed E-state index contributed by atoms with van der Waals surface area (Å²) in [5.74, 6) is 0.439. The molecule has 2 heterocycles. The molecular weight excluding hydrogens is 351 g/mol. The summed E-state index contributed by atoms with van der Waals surface area (Å²) in [5.41, 5.74) is 4.02. The first-order valence-electron chi connectivity index (χ1n) is 9.70. The molecule has 1 fully saturated rings. The standard InChI is InChI=1S/C23H25FN4/c1-27(2)23-25-15-20(18-10-6-11-19(24)14-18)22(26-23)21-12-7-13-28(21)16-17-8-4-3-5-9-17/h3-6,8-11,14-15,21H,7,12-13,16H2,1-2H3. The highest BCUT2D eigenvalue weighted by Gasteiger charge is 2.30. The Morgan fingerprint density at radius 1 is 1.11 bits per heavy atom. The van der Waals surface area contributed by atoms with Crippen molar-refractivity contribution in [2.75, 3.05) is 25.5 Å². The Morgan fingerprint density at radius 3 is 2.68 bits per heavy atom. The Labute approximate surface area is 165 Å². The molecule has 0 spiro atoms. The molecule has 1 aliphatic heterocycles. The molecule has 0 radical (unpaired) electrons. The zero-order valence-corrected chi connectivity index (χ0v) is 16.3. The molecule has 0 N–H and O–H groups in total. The number of halogens is 1. The lowest BCUT2D eigenvalue weighted by Crippen LogP contribution is -2.25. The maximum Gasteiger partial charge on any atom is 0.225 e. The molecule has 3 aromatic rings. The summed E-state index contributed by atoms with van der Waals surface area (Å²) in [6.45, 7) is 1.92. The van der Waals surface area contributed by atoms with Gasteiger partial charge in [-0.05, 0) is 42.6 Å². The molecule has 4 nitrogen and oxygen atoms in total. The number of anilines is 1. The zero-order valence-electron chi connectivity index (χ0n) is 16.3. The van der Waals surface area contributed by atoms with Crippen LogP contribution in [0.5, 0.6) is 0 Å². The van der Waals surface area contributed by atoms with E-state index in [-0.39, 0.29) is 11.9 Å². The van der Waals surface area contributed by atoms with E-state index in [9.17, 15) is 4.39 Å². The smallest absolute Gasteiger partial charge is 0.225 e. The zero-order chi connectivity index (χ0) is 19.5. The van der Waals surface area contributed by atoms with Crippen LogP contribution in [0.1, 0.15) is 30.1 Å². The largest absolute Gasteiger partial charge is 0.347 e. The second-order valence-electron chi connectivity index (χ2n) is 7.49. The highest BCUT2D eigenvalue weighted by Crippen LogP contribution is 2.38. The van der Waals surface area contributed by atoms with Gasteiger partial charge in [-0.2, -0.15) is 0 Å². The minimum atomic E-state index is -0.243. The Morgan fingerprint density at radius 2 is 1.93 bits per heavy atom. The van der Waals surface area contributed by atoms with Crippen molar-refractivity contribution >= 4 is 5.95 Å². The molecular formula is C23H25FN4. The van der Waals surface area contributed by atoms with Gasteiger partial charge in [-0.15, -0.1) is 0 Å². The van der Waals surface area contributed by atoms with E-state index in [4.69, 9.17) is 4.98 Å². The van der Waals surface area contributed by atoms with E-state index in [0.29, 0.717) is 5.95 Å². The van der Waals surface area contributed by atoms with Gasteiger partial charge in [0.1, 0.15) is 5.82 Å². The lowest BCUT2D eigenvalue weighted by molar-refractivity contribution is 0.245. The van der Waals surface area contributed by atoms with Gasteiger partial charge in [0, 0.05) is 32.4 Å². The van der Waals surface area contributed by atoms with Crippen LogP contribution in [-0.4, -0.2) is 35.5 Å². The van der Waals surface area contributed by atoms with E-state index in [2.05, 4.69) is 34.1 Å². The van der Waals surface area contributed by atoms with Gasteiger partial charge in [0.2, 0.25) is 5.95 Å². The van der Waals surface area contributed by atoms with Gasteiger partial charge in [0.05, 0.1) is 11.7 Å². The number of hydrogen-bond acceptors (Lipinski definition) is 4. The molecule has 0 saturated carbocycles. The summed E-state index contributed by atoms with van der Waals surface area (Å²) >= 11 is 0. The average Bonchev–Trinajstić information content (AvgIpc) is 3.16. The first-order valence-corrected chi connectivity index (χ1v) is 9.70. The normalized spacial score (nSPS) is 17.0. The second kappa shape index (κ2) is 8.07. The minimum absolute atomic E-state index is 0.195. The molecule has 0 amide bonds. The van der Waals surface area contributed by atoms with Crippen LogP contribution >= 0.6 is 0 Å². The molecule has 144 valence electrons. The molecule has 0 aliphatic carbocycles. The van der Waals surface area contributed by atoms with E-state index in [0.717, 1.165) is 42.8 Å². The fourth-order valence-electron chi connectivity index (χ4n) is 3.88. The Kier molecular flexibility index (Phi) is 5.35. The maximum absolute atomic E-state index is 13.9. The fourth-order valence-corrected chi connectivity index (χ4v) is 3.88. The van der Waals surface area contributed by atoms with Gasteiger partial charge in [-0.1, -0.05) is 42.5 Å². The maximum atomic E-state index is 13.9. The van der Waals surface area contributed by atoms with E-state index in [1.165, 1.54) is 11.6 Å². The lowest BCUT2D eigenvalue weighted by atomic mass is 9.99. The summed E-state index contributed by atoms with van der Waals surface area (Å²) in [5, 5.41) is 0. The number of likely N-dealkylation sites (tertiary alicyclic amines) is 1. The number of nitrogens with zero attached hydrogens (tertiary/aromatic N) is 4. The van der Waals surface area contributed by atoms with Crippen LogP contribution in [0.4, 0.5) is 10.3 Å². The quantitative estimate of drug-likeness (QED) is 0.647. The van der Waals surface area contributed by atoms with Crippen molar-refractivity contribution in [3.05, 3.63) is 77.9 Å². The molecule has 1 unspecified atom stereocenters. The summed E-state index contributed by atoms with van der Waals surface area (Å²) in [6, 6.07) is 17.4. The predicted octanol–water partition coefficient (Wildman–Crippen LogP) is 4.69. The summed E-state index contributed by atoms with van der Waals surface area (Å²) < 4.78 is 13.9. The van der Waals surface area contributed by atoms with Crippen LogP contribution in [0.3, 0.4) is 0 Å². The fraction of sp³-hybridized carbons (Fsp3) is 0.304. The SMILES string of the molecule is CN(C)c1ncc(-c2cccc(F)c2)c(C2CCCN2Cc2ccccc2)n1. The van der Waals surface area contributed by atoms with Gasteiger partial charge in [0.15, 0.2) is 0 Å². The highest BCUT2D eigenvalue weighted by molar-refractivity contribution is 5.66. The van der Waals surface area contributed by atoms with Crippen molar-refractivity contribution in [2.24, 2.45) is 0 Å². The van der Waals surface area contributed by atoms with Crippen LogP contribution in [0.15, 0.2) is 60.8 Å². The van der Waals surface area contributed by atoms with Crippen molar-refractivity contribution in [3.8, 4) is 11.1 Å². The summed E-state index contributed by atoms with van der Waals surface area (Å²) in [7, 11) is 3.88. The first kappa shape index (κ1) is 18.6. The molecule has 1 aliphatic rings. The second-order valence-corrected chi connectivity index (χ2v) is 7.49. The molecule has 5 heteroatoms. The van der Waals surface area contributed by atoms with E-state index in [1.807, 2.05) is 37.3 Å². The van der Waals surface area contributed by atoms with Gasteiger partial charge in [-0.25, -0.2) is 14.4 Å². The Hall–Kier alpha value is -2.79. The summed E-state index contributed by atoms with van der Waals surface area (Å²) in [4.78, 5) is 13.8. The van der Waals surface area contributed by atoms with Gasteiger partial charge < -0.3 is 4.90 Å². The highest BCUT2D eigenvalue weighted by atomic mass is 19.1.